The Labute approximate surface area is 218 Å². The number of hydrogen-bond donors (Lipinski definition) is 1. The third-order valence-corrected chi connectivity index (χ3v) is 9.09. The van der Waals surface area contributed by atoms with Crippen LogP contribution in [0.3, 0.4) is 0 Å². The molecule has 0 saturated heterocycles. The van der Waals surface area contributed by atoms with E-state index in [1.54, 1.807) is 37.3 Å². The summed E-state index contributed by atoms with van der Waals surface area (Å²) in [6.07, 6.45) is 1.16. The lowest BCUT2D eigenvalue weighted by atomic mass is 9.40. The van der Waals surface area contributed by atoms with Gasteiger partial charge in [-0.1, -0.05) is 105 Å². The van der Waals surface area contributed by atoms with Crippen molar-refractivity contribution in [1.82, 2.24) is 0 Å². The van der Waals surface area contributed by atoms with Crippen molar-refractivity contribution in [3.05, 3.63) is 113 Å². The van der Waals surface area contributed by atoms with E-state index in [1.165, 1.54) is 0 Å². The molecule has 4 nitrogen and oxygen atoms in total. The standard InChI is InChI=1S/C33H32O4/c1-31(2)25(19-22-13-7-4-8-14-22)21-33(20-23-15-9-5-10-16-23)29(36)26(28(35)32(31,3)30(33)37)27(34)24-17-11-6-12-18-24/h4-18,25,34H,19-21H2,1-3H3/t25-,32+,33-/m1/s1. The summed E-state index contributed by atoms with van der Waals surface area (Å²) in [6.45, 7) is 5.63. The number of ketones is 3. The summed E-state index contributed by atoms with van der Waals surface area (Å²) in [5.74, 6) is -1.90. The molecule has 37 heavy (non-hydrogen) atoms. The predicted molar refractivity (Wildman–Crippen MR) is 144 cm³/mol. The highest BCUT2D eigenvalue weighted by molar-refractivity contribution is 6.41. The molecule has 0 spiro atoms. The highest BCUT2D eigenvalue weighted by Crippen LogP contribution is 2.63. The lowest BCUT2D eigenvalue weighted by molar-refractivity contribution is -0.174. The quantitative estimate of drug-likeness (QED) is 0.199. The van der Waals surface area contributed by atoms with E-state index in [2.05, 4.69) is 0 Å². The van der Waals surface area contributed by atoms with E-state index in [0.29, 0.717) is 18.4 Å². The van der Waals surface area contributed by atoms with Crippen molar-refractivity contribution < 1.29 is 19.5 Å². The first-order valence-electron chi connectivity index (χ1n) is 12.8. The van der Waals surface area contributed by atoms with Gasteiger partial charge in [-0.2, -0.15) is 0 Å². The van der Waals surface area contributed by atoms with Crippen LogP contribution in [0.2, 0.25) is 0 Å². The Morgan fingerprint density at radius 3 is 1.84 bits per heavy atom. The smallest absolute Gasteiger partial charge is 0.184 e. The van der Waals surface area contributed by atoms with Gasteiger partial charge in [0, 0.05) is 5.56 Å². The van der Waals surface area contributed by atoms with Crippen LogP contribution in [0.4, 0.5) is 0 Å². The fourth-order valence-corrected chi connectivity index (χ4v) is 6.49. The van der Waals surface area contributed by atoms with E-state index in [-0.39, 0.29) is 29.5 Å². The number of rotatable bonds is 5. The molecule has 1 N–H and O–H groups in total. The van der Waals surface area contributed by atoms with Gasteiger partial charge in [0.1, 0.15) is 11.3 Å². The largest absolute Gasteiger partial charge is 0.506 e. The molecule has 0 unspecified atom stereocenters. The number of Topliss-reactive ketones (excluding diaryl/α,β-unsaturated/α-hetero) is 3. The minimum atomic E-state index is -1.47. The third-order valence-electron chi connectivity index (χ3n) is 9.09. The molecule has 3 aromatic carbocycles. The zero-order chi connectivity index (χ0) is 26.4. The van der Waals surface area contributed by atoms with Gasteiger partial charge >= 0.3 is 0 Å². The summed E-state index contributed by atoms with van der Waals surface area (Å²) >= 11 is 0. The summed E-state index contributed by atoms with van der Waals surface area (Å²) in [5, 5.41) is 11.3. The summed E-state index contributed by atoms with van der Waals surface area (Å²) in [5.41, 5.74) is -1.53. The molecule has 2 saturated carbocycles. The third kappa shape index (κ3) is 3.69. The van der Waals surface area contributed by atoms with Gasteiger partial charge in [-0.3, -0.25) is 14.4 Å². The van der Waals surface area contributed by atoms with Crippen molar-refractivity contribution in [3.8, 4) is 0 Å². The average molecular weight is 493 g/mol. The summed E-state index contributed by atoms with van der Waals surface area (Å²) in [6, 6.07) is 28.2. The average Bonchev–Trinajstić information content (AvgIpc) is 2.91. The first-order chi connectivity index (χ1) is 17.6. The fraction of sp³-hybridized carbons (Fsp3) is 0.303. The van der Waals surface area contributed by atoms with Gasteiger partial charge in [0.2, 0.25) is 0 Å². The molecule has 4 heteroatoms. The molecule has 0 aromatic heterocycles. The molecule has 0 radical (unpaired) electrons. The topological polar surface area (TPSA) is 71.4 Å². The maximum Gasteiger partial charge on any atom is 0.184 e. The van der Waals surface area contributed by atoms with Gasteiger partial charge in [-0.15, -0.1) is 0 Å². The first-order valence-corrected chi connectivity index (χ1v) is 12.8. The molecular formula is C33H32O4. The molecule has 5 rings (SSSR count). The second kappa shape index (κ2) is 8.95. The number of carbonyl (C=O) groups is 3. The molecule has 3 aromatic rings. The Kier molecular flexibility index (Phi) is 6.02. The number of fused-ring (bicyclic) bond motifs is 2. The number of aliphatic hydroxyl groups excluding tert-OH is 1. The maximum atomic E-state index is 14.4. The van der Waals surface area contributed by atoms with Crippen molar-refractivity contribution in [3.63, 3.8) is 0 Å². The van der Waals surface area contributed by atoms with Crippen molar-refractivity contribution in [2.75, 3.05) is 0 Å². The molecule has 0 amide bonds. The van der Waals surface area contributed by atoms with Gasteiger partial charge < -0.3 is 5.11 Å². The SMILES string of the molecule is CC1(C)[C@H](Cc2ccccc2)C[C@]2(Cc3ccccc3)C(=O)C(=C(O)c3ccccc3)C(=O)[C@@]1(C)C2=O. The van der Waals surface area contributed by atoms with Crippen molar-refractivity contribution in [2.45, 2.75) is 40.0 Å². The van der Waals surface area contributed by atoms with Crippen LogP contribution in [0, 0.1) is 22.2 Å². The van der Waals surface area contributed by atoms with E-state index in [4.69, 9.17) is 0 Å². The molecule has 2 bridgehead atoms. The van der Waals surface area contributed by atoms with Crippen LogP contribution in [0.1, 0.15) is 43.9 Å². The highest BCUT2D eigenvalue weighted by atomic mass is 16.3. The minimum absolute atomic E-state index is 0.102. The lowest BCUT2D eigenvalue weighted by Crippen LogP contribution is -2.69. The van der Waals surface area contributed by atoms with Gasteiger partial charge in [-0.05, 0) is 48.6 Å². The minimum Gasteiger partial charge on any atom is -0.506 e. The monoisotopic (exact) mass is 492 g/mol. The van der Waals surface area contributed by atoms with Crippen LogP contribution >= 0.6 is 0 Å². The Balaban J connectivity index is 1.73. The van der Waals surface area contributed by atoms with Crippen LogP contribution in [0.15, 0.2) is 96.6 Å². The van der Waals surface area contributed by atoms with E-state index < -0.39 is 27.8 Å². The van der Waals surface area contributed by atoms with E-state index >= 15 is 0 Å². The van der Waals surface area contributed by atoms with E-state index in [0.717, 1.165) is 11.1 Å². The summed E-state index contributed by atoms with van der Waals surface area (Å²) in [7, 11) is 0. The van der Waals surface area contributed by atoms with E-state index in [9.17, 15) is 19.5 Å². The van der Waals surface area contributed by atoms with Crippen LogP contribution in [0.25, 0.3) is 5.76 Å². The van der Waals surface area contributed by atoms with E-state index in [1.807, 2.05) is 74.5 Å². The van der Waals surface area contributed by atoms with Crippen LogP contribution in [-0.2, 0) is 27.2 Å². The lowest BCUT2D eigenvalue weighted by Gasteiger charge is -2.59. The van der Waals surface area contributed by atoms with Gasteiger partial charge in [0.05, 0.1) is 10.8 Å². The van der Waals surface area contributed by atoms with Crippen molar-refractivity contribution in [2.24, 2.45) is 22.2 Å². The van der Waals surface area contributed by atoms with Crippen LogP contribution < -0.4 is 0 Å². The molecular weight excluding hydrogens is 460 g/mol. The number of hydrogen-bond acceptors (Lipinski definition) is 4. The van der Waals surface area contributed by atoms with Gasteiger partial charge in [0.25, 0.3) is 0 Å². The van der Waals surface area contributed by atoms with Crippen molar-refractivity contribution >= 4 is 23.1 Å². The molecule has 3 atom stereocenters. The Morgan fingerprint density at radius 2 is 1.27 bits per heavy atom. The normalized spacial score (nSPS) is 28.2. The number of aliphatic hydroxyl groups is 1. The number of benzene rings is 3. The number of allylic oxidation sites excluding steroid dienone is 1. The zero-order valence-corrected chi connectivity index (χ0v) is 21.5. The molecule has 2 fully saturated rings. The maximum absolute atomic E-state index is 14.4. The molecule has 188 valence electrons. The first kappa shape index (κ1) is 24.9. The second-order valence-electron chi connectivity index (χ2n) is 11.3. The van der Waals surface area contributed by atoms with Crippen LogP contribution in [-0.4, -0.2) is 22.5 Å². The Morgan fingerprint density at radius 1 is 0.757 bits per heavy atom. The zero-order valence-electron chi connectivity index (χ0n) is 21.5. The highest BCUT2D eigenvalue weighted by Gasteiger charge is 2.72. The molecule has 0 heterocycles. The Bertz CT molecular complexity index is 1390. The summed E-state index contributed by atoms with van der Waals surface area (Å²) in [4.78, 5) is 43.1. The number of carbonyl (C=O) groups excluding carboxylic acids is 3. The van der Waals surface area contributed by atoms with Gasteiger partial charge in [0.15, 0.2) is 17.3 Å². The van der Waals surface area contributed by atoms with Crippen LogP contribution in [0.5, 0.6) is 0 Å². The van der Waals surface area contributed by atoms with Gasteiger partial charge in [-0.25, -0.2) is 0 Å². The second-order valence-corrected chi connectivity index (χ2v) is 11.3. The summed E-state index contributed by atoms with van der Waals surface area (Å²) < 4.78 is 0. The molecule has 0 aliphatic heterocycles. The molecule has 2 aliphatic rings. The predicted octanol–water partition coefficient (Wildman–Crippen LogP) is 6.20. The fourth-order valence-electron chi connectivity index (χ4n) is 6.49. The molecule has 2 aliphatic carbocycles. The Hall–Kier alpha value is -3.79. The van der Waals surface area contributed by atoms with Crippen molar-refractivity contribution in [1.29, 1.82) is 0 Å².